The van der Waals surface area contributed by atoms with Crippen molar-refractivity contribution in [1.29, 1.82) is 0 Å². The van der Waals surface area contributed by atoms with Crippen LogP contribution < -0.4 is 0 Å². The highest BCUT2D eigenvalue weighted by molar-refractivity contribution is 7.09. The number of carbonyl (C=O) groups is 1. The SMILES string of the molecule is CCC(O)C(=O)Cc1cncs1. The third kappa shape index (κ3) is 2.39. The van der Waals surface area contributed by atoms with E-state index in [0.29, 0.717) is 12.8 Å². The Labute approximate surface area is 75.1 Å². The van der Waals surface area contributed by atoms with Gasteiger partial charge in [0.1, 0.15) is 6.10 Å². The summed E-state index contributed by atoms with van der Waals surface area (Å²) in [4.78, 5) is 15.9. The van der Waals surface area contributed by atoms with Crippen molar-refractivity contribution in [3.63, 3.8) is 0 Å². The van der Waals surface area contributed by atoms with Gasteiger partial charge in [-0.3, -0.25) is 9.78 Å². The van der Waals surface area contributed by atoms with Crippen molar-refractivity contribution >= 4 is 17.1 Å². The van der Waals surface area contributed by atoms with Crippen LogP contribution in [0.2, 0.25) is 0 Å². The molecule has 0 aliphatic rings. The van der Waals surface area contributed by atoms with E-state index in [1.807, 2.05) is 0 Å². The van der Waals surface area contributed by atoms with E-state index in [1.165, 1.54) is 11.3 Å². The van der Waals surface area contributed by atoms with Gasteiger partial charge >= 0.3 is 0 Å². The van der Waals surface area contributed by atoms with E-state index >= 15 is 0 Å². The van der Waals surface area contributed by atoms with Crippen molar-refractivity contribution in [3.05, 3.63) is 16.6 Å². The largest absolute Gasteiger partial charge is 0.385 e. The second-order valence-electron chi connectivity index (χ2n) is 2.53. The zero-order valence-corrected chi connectivity index (χ0v) is 7.67. The van der Waals surface area contributed by atoms with Crippen LogP contribution in [-0.2, 0) is 11.2 Å². The summed E-state index contributed by atoms with van der Waals surface area (Å²) in [6.45, 7) is 1.79. The first-order valence-electron chi connectivity index (χ1n) is 3.82. The van der Waals surface area contributed by atoms with E-state index in [2.05, 4.69) is 4.98 Å². The van der Waals surface area contributed by atoms with Crippen LogP contribution >= 0.6 is 11.3 Å². The topological polar surface area (TPSA) is 50.2 Å². The molecule has 1 heterocycles. The van der Waals surface area contributed by atoms with E-state index < -0.39 is 6.10 Å². The third-order valence-corrected chi connectivity index (χ3v) is 2.37. The Bertz CT molecular complexity index is 246. The van der Waals surface area contributed by atoms with E-state index in [4.69, 9.17) is 5.11 Å². The Morgan fingerprint density at radius 2 is 2.58 bits per heavy atom. The van der Waals surface area contributed by atoms with Crippen molar-refractivity contribution < 1.29 is 9.90 Å². The van der Waals surface area contributed by atoms with Crippen molar-refractivity contribution in [2.45, 2.75) is 25.9 Å². The Balaban J connectivity index is 2.47. The van der Waals surface area contributed by atoms with Crippen LogP contribution in [0.25, 0.3) is 0 Å². The number of ketones is 1. The lowest BCUT2D eigenvalue weighted by Gasteiger charge is -2.03. The number of carbonyl (C=O) groups excluding carboxylic acids is 1. The summed E-state index contributed by atoms with van der Waals surface area (Å²) in [7, 11) is 0. The van der Waals surface area contributed by atoms with Crippen molar-refractivity contribution in [2.75, 3.05) is 0 Å². The van der Waals surface area contributed by atoms with E-state index in [0.717, 1.165) is 4.88 Å². The Hall–Kier alpha value is -0.740. The van der Waals surface area contributed by atoms with Crippen molar-refractivity contribution in [2.24, 2.45) is 0 Å². The average molecular weight is 185 g/mol. The molecule has 0 saturated heterocycles. The highest BCUT2D eigenvalue weighted by Crippen LogP contribution is 2.08. The van der Waals surface area contributed by atoms with E-state index in [1.54, 1.807) is 18.6 Å². The number of hydrogen-bond donors (Lipinski definition) is 1. The maximum atomic E-state index is 11.2. The lowest BCUT2D eigenvalue weighted by atomic mass is 10.1. The molecule has 1 rings (SSSR count). The summed E-state index contributed by atoms with van der Waals surface area (Å²) in [5, 5.41) is 9.16. The second-order valence-corrected chi connectivity index (χ2v) is 3.51. The maximum Gasteiger partial charge on any atom is 0.166 e. The Morgan fingerprint density at radius 3 is 3.08 bits per heavy atom. The molecule has 0 fully saturated rings. The van der Waals surface area contributed by atoms with Crippen LogP contribution in [0.4, 0.5) is 0 Å². The minimum Gasteiger partial charge on any atom is -0.385 e. The predicted molar refractivity (Wildman–Crippen MR) is 47.1 cm³/mol. The lowest BCUT2D eigenvalue weighted by Crippen LogP contribution is -2.20. The molecule has 0 amide bonds. The summed E-state index contributed by atoms with van der Waals surface area (Å²) in [6, 6.07) is 0. The molecule has 12 heavy (non-hydrogen) atoms. The van der Waals surface area contributed by atoms with Gasteiger partial charge in [0.05, 0.1) is 5.51 Å². The lowest BCUT2D eigenvalue weighted by molar-refractivity contribution is -0.126. The summed E-state index contributed by atoms with van der Waals surface area (Å²) in [6.07, 6.45) is 1.63. The molecule has 0 saturated carbocycles. The van der Waals surface area contributed by atoms with Crippen molar-refractivity contribution in [3.8, 4) is 0 Å². The van der Waals surface area contributed by atoms with Gasteiger partial charge in [-0.2, -0.15) is 0 Å². The molecule has 0 radical (unpaired) electrons. The molecule has 0 aliphatic heterocycles. The summed E-state index contributed by atoms with van der Waals surface area (Å²) in [5.74, 6) is -0.123. The molecule has 1 aromatic rings. The van der Waals surface area contributed by atoms with E-state index in [-0.39, 0.29) is 5.78 Å². The number of hydrogen-bond acceptors (Lipinski definition) is 4. The molecule has 0 aliphatic carbocycles. The van der Waals surface area contributed by atoms with Crippen LogP contribution in [0.5, 0.6) is 0 Å². The second kappa shape index (κ2) is 4.33. The maximum absolute atomic E-state index is 11.2. The standard InChI is InChI=1S/C8H11NO2S/c1-2-7(10)8(11)3-6-4-9-5-12-6/h4-5,7,10H,2-3H2,1H3. The average Bonchev–Trinajstić information content (AvgIpc) is 2.55. The van der Waals surface area contributed by atoms with Gasteiger partial charge in [0.15, 0.2) is 5.78 Å². The minimum atomic E-state index is -0.813. The first-order valence-corrected chi connectivity index (χ1v) is 4.70. The quantitative estimate of drug-likeness (QED) is 0.762. The van der Waals surface area contributed by atoms with Crippen LogP contribution in [0, 0.1) is 0 Å². The number of rotatable bonds is 4. The normalized spacial score (nSPS) is 12.8. The number of thiazole rings is 1. The van der Waals surface area contributed by atoms with Crippen LogP contribution in [-0.4, -0.2) is 22.0 Å². The molecule has 66 valence electrons. The molecular weight excluding hydrogens is 174 g/mol. The fourth-order valence-corrected chi connectivity index (χ4v) is 1.45. The van der Waals surface area contributed by atoms with Gasteiger partial charge in [0.2, 0.25) is 0 Å². The smallest absolute Gasteiger partial charge is 0.166 e. The molecule has 4 heteroatoms. The summed E-state index contributed by atoms with van der Waals surface area (Å²) in [5.41, 5.74) is 1.68. The molecule has 1 N–H and O–H groups in total. The molecule has 1 unspecified atom stereocenters. The number of aromatic nitrogens is 1. The highest BCUT2D eigenvalue weighted by Gasteiger charge is 2.13. The fourth-order valence-electron chi connectivity index (χ4n) is 0.847. The van der Waals surface area contributed by atoms with Gasteiger partial charge in [-0.1, -0.05) is 6.92 Å². The summed E-state index contributed by atoms with van der Waals surface area (Å²) >= 11 is 1.44. The van der Waals surface area contributed by atoms with Crippen molar-refractivity contribution in [1.82, 2.24) is 4.98 Å². The predicted octanol–water partition coefficient (Wildman–Crippen LogP) is 1.03. The highest BCUT2D eigenvalue weighted by atomic mass is 32.1. The first kappa shape index (κ1) is 9.35. The minimum absolute atomic E-state index is 0.123. The molecule has 1 atom stereocenters. The van der Waals surface area contributed by atoms with Crippen LogP contribution in [0.15, 0.2) is 11.7 Å². The zero-order chi connectivity index (χ0) is 8.97. The van der Waals surface area contributed by atoms with Crippen LogP contribution in [0.1, 0.15) is 18.2 Å². The fraction of sp³-hybridized carbons (Fsp3) is 0.500. The summed E-state index contributed by atoms with van der Waals surface area (Å²) < 4.78 is 0. The van der Waals surface area contributed by atoms with Gasteiger partial charge in [-0.15, -0.1) is 11.3 Å². The number of nitrogens with zero attached hydrogens (tertiary/aromatic N) is 1. The Kier molecular flexibility index (Phi) is 3.37. The molecule has 0 aromatic carbocycles. The zero-order valence-electron chi connectivity index (χ0n) is 6.86. The number of aliphatic hydroxyl groups excluding tert-OH is 1. The van der Waals surface area contributed by atoms with Gasteiger partial charge in [0.25, 0.3) is 0 Å². The third-order valence-electron chi connectivity index (χ3n) is 1.59. The van der Waals surface area contributed by atoms with Gasteiger partial charge in [0, 0.05) is 17.5 Å². The monoisotopic (exact) mass is 185 g/mol. The van der Waals surface area contributed by atoms with Crippen LogP contribution in [0.3, 0.4) is 0 Å². The molecule has 3 nitrogen and oxygen atoms in total. The molecule has 0 bridgehead atoms. The van der Waals surface area contributed by atoms with E-state index in [9.17, 15) is 4.79 Å². The first-order chi connectivity index (χ1) is 5.74. The van der Waals surface area contributed by atoms with Gasteiger partial charge in [-0.25, -0.2) is 0 Å². The molecule has 0 spiro atoms. The Morgan fingerprint density at radius 1 is 1.83 bits per heavy atom. The molecular formula is C8H11NO2S. The number of Topliss-reactive ketones (excluding diaryl/α,β-unsaturated/α-hetero) is 1. The molecule has 1 aromatic heterocycles. The van der Waals surface area contributed by atoms with Gasteiger partial charge in [-0.05, 0) is 6.42 Å². The van der Waals surface area contributed by atoms with Gasteiger partial charge < -0.3 is 5.11 Å². The number of aliphatic hydroxyl groups is 1.